The third-order valence-corrected chi connectivity index (χ3v) is 4.03. The summed E-state index contributed by atoms with van der Waals surface area (Å²) in [7, 11) is 0. The molecule has 0 fully saturated rings. The smallest absolute Gasteiger partial charge is 0.252 e. The van der Waals surface area contributed by atoms with Gasteiger partial charge < -0.3 is 5.32 Å². The van der Waals surface area contributed by atoms with Crippen molar-refractivity contribution in [2.75, 3.05) is 0 Å². The van der Waals surface area contributed by atoms with E-state index in [-0.39, 0.29) is 5.91 Å². The molecule has 2 rings (SSSR count). The van der Waals surface area contributed by atoms with Crippen molar-refractivity contribution in [1.29, 1.82) is 0 Å². The first-order valence-corrected chi connectivity index (χ1v) is 7.44. The zero-order valence-corrected chi connectivity index (χ0v) is 13.6. The predicted molar refractivity (Wildman–Crippen MR) is 84.2 cm³/mol. The zero-order chi connectivity index (χ0) is 13.8. The SMILES string of the molecule is Cc1ccccc1CNC(=O)c1ccc(Br)cc1Br. The molecule has 2 aromatic carbocycles. The molecule has 4 heteroatoms. The van der Waals surface area contributed by atoms with Gasteiger partial charge in [0.25, 0.3) is 5.91 Å². The molecule has 0 saturated carbocycles. The van der Waals surface area contributed by atoms with Crippen molar-refractivity contribution in [3.05, 3.63) is 68.1 Å². The lowest BCUT2D eigenvalue weighted by atomic mass is 10.1. The second kappa shape index (κ2) is 6.35. The highest BCUT2D eigenvalue weighted by Gasteiger charge is 2.10. The maximum absolute atomic E-state index is 12.1. The van der Waals surface area contributed by atoms with Gasteiger partial charge >= 0.3 is 0 Å². The number of hydrogen-bond donors (Lipinski definition) is 1. The Morgan fingerprint density at radius 3 is 2.58 bits per heavy atom. The van der Waals surface area contributed by atoms with Crippen LogP contribution in [0.15, 0.2) is 51.4 Å². The van der Waals surface area contributed by atoms with Gasteiger partial charge in [-0.15, -0.1) is 0 Å². The molecule has 0 saturated heterocycles. The van der Waals surface area contributed by atoms with Gasteiger partial charge in [0.1, 0.15) is 0 Å². The van der Waals surface area contributed by atoms with Crippen molar-refractivity contribution in [1.82, 2.24) is 5.32 Å². The van der Waals surface area contributed by atoms with Gasteiger partial charge in [0.05, 0.1) is 5.56 Å². The molecule has 98 valence electrons. The highest BCUT2D eigenvalue weighted by atomic mass is 79.9. The van der Waals surface area contributed by atoms with E-state index in [1.165, 1.54) is 5.56 Å². The lowest BCUT2D eigenvalue weighted by Crippen LogP contribution is -2.23. The van der Waals surface area contributed by atoms with Gasteiger partial charge in [0.2, 0.25) is 0 Å². The number of carbonyl (C=O) groups excluding carboxylic acids is 1. The van der Waals surface area contributed by atoms with E-state index in [1.807, 2.05) is 43.3 Å². The van der Waals surface area contributed by atoms with E-state index in [2.05, 4.69) is 37.2 Å². The quantitative estimate of drug-likeness (QED) is 0.834. The molecule has 0 aliphatic heterocycles. The first kappa shape index (κ1) is 14.3. The van der Waals surface area contributed by atoms with Crippen LogP contribution < -0.4 is 5.32 Å². The molecule has 1 N–H and O–H groups in total. The van der Waals surface area contributed by atoms with Crippen LogP contribution in [-0.4, -0.2) is 5.91 Å². The van der Waals surface area contributed by atoms with Gasteiger partial charge in [-0.2, -0.15) is 0 Å². The summed E-state index contributed by atoms with van der Waals surface area (Å²) in [6, 6.07) is 13.5. The number of carbonyl (C=O) groups is 1. The maximum atomic E-state index is 12.1. The fourth-order valence-electron chi connectivity index (χ4n) is 1.75. The van der Waals surface area contributed by atoms with Gasteiger partial charge in [-0.1, -0.05) is 40.2 Å². The minimum Gasteiger partial charge on any atom is -0.348 e. The number of hydrogen-bond acceptors (Lipinski definition) is 1. The Morgan fingerprint density at radius 1 is 1.16 bits per heavy atom. The Morgan fingerprint density at radius 2 is 1.89 bits per heavy atom. The molecular formula is C15H13Br2NO. The summed E-state index contributed by atoms with van der Waals surface area (Å²) >= 11 is 6.77. The molecule has 1 amide bonds. The molecule has 0 heterocycles. The molecule has 0 aliphatic rings. The molecule has 0 aliphatic carbocycles. The molecule has 0 bridgehead atoms. The monoisotopic (exact) mass is 381 g/mol. The molecule has 0 unspecified atom stereocenters. The molecule has 2 nitrogen and oxygen atoms in total. The van der Waals surface area contributed by atoms with Gasteiger partial charge in [0.15, 0.2) is 0 Å². The van der Waals surface area contributed by atoms with Crippen molar-refractivity contribution in [2.24, 2.45) is 0 Å². The average Bonchev–Trinajstić information content (AvgIpc) is 2.37. The third kappa shape index (κ3) is 3.67. The van der Waals surface area contributed by atoms with Crippen LogP contribution in [0, 0.1) is 6.92 Å². The largest absolute Gasteiger partial charge is 0.348 e. The second-order valence-electron chi connectivity index (χ2n) is 4.23. The number of rotatable bonds is 3. The molecule has 0 spiro atoms. The maximum Gasteiger partial charge on any atom is 0.252 e. The summed E-state index contributed by atoms with van der Waals surface area (Å²) in [6.07, 6.45) is 0. The summed E-state index contributed by atoms with van der Waals surface area (Å²) in [6.45, 7) is 2.57. The topological polar surface area (TPSA) is 29.1 Å². The van der Waals surface area contributed by atoms with Crippen LogP contribution in [0.25, 0.3) is 0 Å². The van der Waals surface area contributed by atoms with Crippen LogP contribution in [-0.2, 0) is 6.54 Å². The van der Waals surface area contributed by atoms with Crippen LogP contribution >= 0.6 is 31.9 Å². The van der Waals surface area contributed by atoms with Gasteiger partial charge in [-0.05, 0) is 52.2 Å². The van der Waals surface area contributed by atoms with Crippen LogP contribution in [0.1, 0.15) is 21.5 Å². The van der Waals surface area contributed by atoms with Gasteiger partial charge in [-0.25, -0.2) is 0 Å². The van der Waals surface area contributed by atoms with Gasteiger partial charge in [-0.3, -0.25) is 4.79 Å². The van der Waals surface area contributed by atoms with Crippen molar-refractivity contribution >= 4 is 37.8 Å². The Bertz CT molecular complexity index is 611. The summed E-state index contributed by atoms with van der Waals surface area (Å²) in [5.74, 6) is -0.0809. The summed E-state index contributed by atoms with van der Waals surface area (Å²) < 4.78 is 1.72. The highest BCUT2D eigenvalue weighted by molar-refractivity contribution is 9.11. The normalized spacial score (nSPS) is 10.3. The van der Waals surface area contributed by atoms with Crippen molar-refractivity contribution in [2.45, 2.75) is 13.5 Å². The average molecular weight is 383 g/mol. The summed E-state index contributed by atoms with van der Waals surface area (Å²) in [5.41, 5.74) is 2.94. The molecule has 0 aromatic heterocycles. The molecule has 19 heavy (non-hydrogen) atoms. The van der Waals surface area contributed by atoms with E-state index in [0.717, 1.165) is 14.5 Å². The van der Waals surface area contributed by atoms with E-state index in [4.69, 9.17) is 0 Å². The summed E-state index contributed by atoms with van der Waals surface area (Å²) in [4.78, 5) is 12.1. The van der Waals surface area contributed by atoms with E-state index in [9.17, 15) is 4.79 Å². The predicted octanol–water partition coefficient (Wildman–Crippen LogP) is 4.45. The van der Waals surface area contributed by atoms with Crippen molar-refractivity contribution in [3.8, 4) is 0 Å². The van der Waals surface area contributed by atoms with Crippen molar-refractivity contribution < 1.29 is 4.79 Å². The van der Waals surface area contributed by atoms with E-state index in [1.54, 1.807) is 6.07 Å². The Kier molecular flexibility index (Phi) is 4.77. The first-order valence-electron chi connectivity index (χ1n) is 5.85. The van der Waals surface area contributed by atoms with Crippen LogP contribution in [0.2, 0.25) is 0 Å². The van der Waals surface area contributed by atoms with Gasteiger partial charge in [0, 0.05) is 15.5 Å². The number of halogens is 2. The van der Waals surface area contributed by atoms with Crippen LogP contribution in [0.3, 0.4) is 0 Å². The van der Waals surface area contributed by atoms with E-state index in [0.29, 0.717) is 12.1 Å². The third-order valence-electron chi connectivity index (χ3n) is 2.88. The Balaban J connectivity index is 2.08. The fourth-order valence-corrected chi connectivity index (χ4v) is 2.98. The molecule has 2 aromatic rings. The first-order chi connectivity index (χ1) is 9.08. The lowest BCUT2D eigenvalue weighted by Gasteiger charge is -2.09. The standard InChI is InChI=1S/C15H13Br2NO/c1-10-4-2-3-5-11(10)9-18-15(19)13-7-6-12(16)8-14(13)17/h2-8H,9H2,1H3,(H,18,19). The number of benzene rings is 2. The summed E-state index contributed by atoms with van der Waals surface area (Å²) in [5, 5.41) is 2.93. The molecule has 0 atom stereocenters. The molecular weight excluding hydrogens is 370 g/mol. The van der Waals surface area contributed by atoms with E-state index < -0.39 is 0 Å². The van der Waals surface area contributed by atoms with Crippen molar-refractivity contribution in [3.63, 3.8) is 0 Å². The second-order valence-corrected chi connectivity index (χ2v) is 6.00. The number of amides is 1. The number of aryl methyl sites for hydroxylation is 1. The lowest BCUT2D eigenvalue weighted by molar-refractivity contribution is 0.0950. The Labute approximate surface area is 129 Å². The highest BCUT2D eigenvalue weighted by Crippen LogP contribution is 2.22. The van der Waals surface area contributed by atoms with Crippen LogP contribution in [0.5, 0.6) is 0 Å². The molecule has 0 radical (unpaired) electrons. The fraction of sp³-hybridized carbons (Fsp3) is 0.133. The number of nitrogens with one attached hydrogen (secondary N) is 1. The minimum atomic E-state index is -0.0809. The Hall–Kier alpha value is -1.13. The van der Waals surface area contributed by atoms with E-state index >= 15 is 0 Å². The minimum absolute atomic E-state index is 0.0809. The van der Waals surface area contributed by atoms with Crippen LogP contribution in [0.4, 0.5) is 0 Å². The zero-order valence-electron chi connectivity index (χ0n) is 10.4.